The lowest BCUT2D eigenvalue weighted by Crippen LogP contribution is -2.54. The van der Waals surface area contributed by atoms with Gasteiger partial charge < -0.3 is 10.2 Å². The zero-order valence-corrected chi connectivity index (χ0v) is 23.8. The van der Waals surface area contributed by atoms with E-state index in [1.54, 1.807) is 36.4 Å². The van der Waals surface area contributed by atoms with Crippen molar-refractivity contribution in [2.75, 3.05) is 17.1 Å². The van der Waals surface area contributed by atoms with Crippen LogP contribution < -0.4 is 9.62 Å². The molecule has 10 heteroatoms. The maximum atomic E-state index is 13.9. The molecule has 0 spiro atoms. The van der Waals surface area contributed by atoms with E-state index in [0.717, 1.165) is 16.1 Å². The van der Waals surface area contributed by atoms with Crippen LogP contribution in [0, 0.1) is 0 Å². The van der Waals surface area contributed by atoms with Crippen molar-refractivity contribution in [1.29, 1.82) is 0 Å². The lowest BCUT2D eigenvalue weighted by molar-refractivity contribution is -0.140. The summed E-state index contributed by atoms with van der Waals surface area (Å²) in [5.74, 6) is -0.896. The Balaban J connectivity index is 2.06. The van der Waals surface area contributed by atoms with Crippen molar-refractivity contribution in [2.24, 2.45) is 0 Å². The molecule has 3 aromatic carbocycles. The zero-order chi connectivity index (χ0) is 27.9. The molecule has 1 atom stereocenters. The second-order valence-corrected chi connectivity index (χ2v) is 12.0. The predicted octanol–water partition coefficient (Wildman–Crippen LogP) is 4.92. The van der Waals surface area contributed by atoms with Gasteiger partial charge in [0.25, 0.3) is 0 Å². The number of hydrogen-bond donors (Lipinski definition) is 1. The maximum Gasteiger partial charge on any atom is 0.244 e. The average molecular weight is 577 g/mol. The second-order valence-electron chi connectivity index (χ2n) is 9.23. The van der Waals surface area contributed by atoms with Crippen molar-refractivity contribution in [3.05, 3.63) is 100 Å². The minimum atomic E-state index is -3.85. The van der Waals surface area contributed by atoms with Gasteiger partial charge in [0, 0.05) is 29.1 Å². The van der Waals surface area contributed by atoms with Crippen LogP contribution in [0.2, 0.25) is 10.0 Å². The van der Waals surface area contributed by atoms with E-state index < -0.39 is 28.5 Å². The molecule has 0 fully saturated rings. The highest BCUT2D eigenvalue weighted by molar-refractivity contribution is 7.92. The molecule has 0 aliphatic heterocycles. The van der Waals surface area contributed by atoms with Gasteiger partial charge in [-0.1, -0.05) is 71.7 Å². The molecule has 1 N–H and O–H groups in total. The standard InChI is InChI=1S/C28H31Cl2N3O4S/c1-20(2)31-28(35)26(17-21-9-5-4-6-10-21)32(18-22-11-7-8-12-25(22)30)27(34)19-33(38(3,36)37)24-15-13-23(29)14-16-24/h4-16,20,26H,17-19H2,1-3H3,(H,31,35)/t26-/m1/s1. The van der Waals surface area contributed by atoms with Gasteiger partial charge in [-0.3, -0.25) is 13.9 Å². The Morgan fingerprint density at radius 1 is 0.895 bits per heavy atom. The van der Waals surface area contributed by atoms with Crippen molar-refractivity contribution in [3.8, 4) is 0 Å². The first-order chi connectivity index (χ1) is 18.0. The summed E-state index contributed by atoms with van der Waals surface area (Å²) in [6.45, 7) is 3.18. The van der Waals surface area contributed by atoms with Crippen LogP contribution in [0.3, 0.4) is 0 Å². The van der Waals surface area contributed by atoms with E-state index in [9.17, 15) is 18.0 Å². The van der Waals surface area contributed by atoms with Crippen LogP contribution in [0.1, 0.15) is 25.0 Å². The molecule has 0 heterocycles. The molecule has 0 saturated heterocycles. The normalized spacial score (nSPS) is 12.2. The first-order valence-electron chi connectivity index (χ1n) is 12.1. The number of carbonyl (C=O) groups is 2. The quantitative estimate of drug-likeness (QED) is 0.351. The zero-order valence-electron chi connectivity index (χ0n) is 21.5. The first kappa shape index (κ1) is 29.5. The molecule has 3 rings (SSSR count). The van der Waals surface area contributed by atoms with Crippen LogP contribution in [0.15, 0.2) is 78.9 Å². The number of hydrogen-bond acceptors (Lipinski definition) is 4. The summed E-state index contributed by atoms with van der Waals surface area (Å²) in [5.41, 5.74) is 1.77. The van der Waals surface area contributed by atoms with Gasteiger partial charge in [0.05, 0.1) is 11.9 Å². The molecule has 38 heavy (non-hydrogen) atoms. The fourth-order valence-corrected chi connectivity index (χ4v) is 5.14. The largest absolute Gasteiger partial charge is 0.352 e. The summed E-state index contributed by atoms with van der Waals surface area (Å²) in [7, 11) is -3.85. The molecule has 0 saturated carbocycles. The number of nitrogens with zero attached hydrogens (tertiary/aromatic N) is 2. The Morgan fingerprint density at radius 2 is 1.50 bits per heavy atom. The lowest BCUT2D eigenvalue weighted by Gasteiger charge is -2.34. The number of amides is 2. The third-order valence-electron chi connectivity index (χ3n) is 5.79. The lowest BCUT2D eigenvalue weighted by atomic mass is 10.0. The molecule has 2 amide bonds. The van der Waals surface area contributed by atoms with Crippen LogP contribution >= 0.6 is 23.2 Å². The van der Waals surface area contributed by atoms with Gasteiger partial charge in [0.15, 0.2) is 0 Å². The molecular weight excluding hydrogens is 545 g/mol. The molecule has 0 aromatic heterocycles. The highest BCUT2D eigenvalue weighted by Gasteiger charge is 2.33. The molecule has 0 unspecified atom stereocenters. The van der Waals surface area contributed by atoms with E-state index in [0.29, 0.717) is 15.6 Å². The van der Waals surface area contributed by atoms with E-state index in [1.807, 2.05) is 44.2 Å². The predicted molar refractivity (Wildman–Crippen MR) is 153 cm³/mol. The third-order valence-corrected chi connectivity index (χ3v) is 7.56. The Morgan fingerprint density at radius 3 is 2.08 bits per heavy atom. The van der Waals surface area contributed by atoms with Crippen molar-refractivity contribution >= 4 is 50.7 Å². The van der Waals surface area contributed by atoms with E-state index in [2.05, 4.69) is 5.32 Å². The van der Waals surface area contributed by atoms with E-state index in [4.69, 9.17) is 23.2 Å². The second kappa shape index (κ2) is 13.1. The Hall–Kier alpha value is -3.07. The summed E-state index contributed by atoms with van der Waals surface area (Å²) in [5, 5.41) is 3.78. The number of sulfonamides is 1. The number of anilines is 1. The van der Waals surface area contributed by atoms with Crippen LogP contribution in [-0.2, 0) is 32.6 Å². The van der Waals surface area contributed by atoms with Crippen molar-refractivity contribution in [2.45, 2.75) is 38.9 Å². The number of halogens is 2. The number of benzene rings is 3. The molecule has 3 aromatic rings. The Bertz CT molecular complexity index is 1350. The van der Waals surface area contributed by atoms with Gasteiger partial charge in [-0.2, -0.15) is 0 Å². The molecule has 7 nitrogen and oxygen atoms in total. The smallest absolute Gasteiger partial charge is 0.244 e. The first-order valence-corrected chi connectivity index (χ1v) is 14.7. The van der Waals surface area contributed by atoms with Crippen LogP contribution in [0.5, 0.6) is 0 Å². The van der Waals surface area contributed by atoms with Gasteiger partial charge in [0.1, 0.15) is 12.6 Å². The van der Waals surface area contributed by atoms with Crippen LogP contribution in [0.4, 0.5) is 5.69 Å². The summed E-state index contributed by atoms with van der Waals surface area (Å²) < 4.78 is 26.5. The fourth-order valence-electron chi connectivity index (χ4n) is 3.97. The SMILES string of the molecule is CC(C)NC(=O)[C@@H](Cc1ccccc1)N(Cc1ccccc1Cl)C(=O)CN(c1ccc(Cl)cc1)S(C)(=O)=O. The van der Waals surface area contributed by atoms with Gasteiger partial charge in [-0.15, -0.1) is 0 Å². The Kier molecular flexibility index (Phi) is 10.2. The third kappa shape index (κ3) is 8.21. The van der Waals surface area contributed by atoms with Gasteiger partial charge in [-0.05, 0) is 55.3 Å². The molecule has 0 aliphatic carbocycles. The minimum Gasteiger partial charge on any atom is -0.352 e. The molecular formula is C28H31Cl2N3O4S. The highest BCUT2D eigenvalue weighted by Crippen LogP contribution is 2.24. The summed E-state index contributed by atoms with van der Waals surface area (Å²) in [4.78, 5) is 28.8. The highest BCUT2D eigenvalue weighted by atomic mass is 35.5. The molecule has 0 radical (unpaired) electrons. The van der Waals surface area contributed by atoms with Crippen molar-refractivity contribution < 1.29 is 18.0 Å². The van der Waals surface area contributed by atoms with Gasteiger partial charge in [0.2, 0.25) is 21.8 Å². The molecule has 0 bridgehead atoms. The topological polar surface area (TPSA) is 86.8 Å². The van der Waals surface area contributed by atoms with Crippen LogP contribution in [-0.4, -0.2) is 50.0 Å². The maximum absolute atomic E-state index is 13.9. The van der Waals surface area contributed by atoms with Crippen molar-refractivity contribution in [3.63, 3.8) is 0 Å². The van der Waals surface area contributed by atoms with E-state index in [1.165, 1.54) is 17.0 Å². The van der Waals surface area contributed by atoms with Gasteiger partial charge in [-0.25, -0.2) is 8.42 Å². The summed E-state index contributed by atoms with van der Waals surface area (Å²) in [6, 6.07) is 21.5. The Labute approximate surface area is 234 Å². The van der Waals surface area contributed by atoms with E-state index in [-0.39, 0.29) is 30.6 Å². The number of carbonyl (C=O) groups excluding carboxylic acids is 2. The minimum absolute atomic E-state index is 0.0136. The summed E-state index contributed by atoms with van der Waals surface area (Å²) in [6.07, 6.45) is 1.26. The number of rotatable bonds is 11. The summed E-state index contributed by atoms with van der Waals surface area (Å²) >= 11 is 12.4. The molecule has 202 valence electrons. The van der Waals surface area contributed by atoms with Crippen LogP contribution in [0.25, 0.3) is 0 Å². The van der Waals surface area contributed by atoms with Crippen molar-refractivity contribution in [1.82, 2.24) is 10.2 Å². The molecule has 0 aliphatic rings. The fraction of sp³-hybridized carbons (Fsp3) is 0.286. The number of nitrogens with one attached hydrogen (secondary N) is 1. The average Bonchev–Trinajstić information content (AvgIpc) is 2.85. The van der Waals surface area contributed by atoms with E-state index >= 15 is 0 Å². The monoisotopic (exact) mass is 575 g/mol. The van der Waals surface area contributed by atoms with Gasteiger partial charge >= 0.3 is 0 Å².